The Bertz CT molecular complexity index is 809. The molecule has 0 bridgehead atoms. The van der Waals surface area contributed by atoms with Crippen LogP contribution in [0.25, 0.3) is 11.1 Å². The summed E-state index contributed by atoms with van der Waals surface area (Å²) < 4.78 is 0. The zero-order chi connectivity index (χ0) is 16.7. The van der Waals surface area contributed by atoms with Gasteiger partial charge in [0.2, 0.25) is 18.2 Å². The zero-order valence-corrected chi connectivity index (χ0v) is 12.2. The summed E-state index contributed by atoms with van der Waals surface area (Å²) in [5.41, 5.74) is 2.75. The van der Waals surface area contributed by atoms with Gasteiger partial charge in [-0.05, 0) is 18.1 Å². The summed E-state index contributed by atoms with van der Waals surface area (Å²) in [6.07, 6.45) is 3.88. The third-order valence-electron chi connectivity index (χ3n) is 3.26. The monoisotopic (exact) mass is 305 g/mol. The largest absolute Gasteiger partial charge is 0.304 e. The van der Waals surface area contributed by atoms with Gasteiger partial charge >= 0.3 is 5.79 Å². The van der Waals surface area contributed by atoms with Crippen molar-refractivity contribution in [1.29, 1.82) is 0 Å². The number of hydrogen-bond donors (Lipinski definition) is 0. The van der Waals surface area contributed by atoms with E-state index < -0.39 is 5.79 Å². The minimum Gasteiger partial charge on any atom is -0.211 e. The summed E-state index contributed by atoms with van der Waals surface area (Å²) in [6.45, 7) is 1.95. The van der Waals surface area contributed by atoms with Crippen LogP contribution < -0.4 is 0 Å². The number of rotatable bonds is 5. The van der Waals surface area contributed by atoms with E-state index in [1.165, 1.54) is 18.2 Å². The van der Waals surface area contributed by atoms with Crippen LogP contribution in [0, 0.1) is 6.92 Å². The van der Waals surface area contributed by atoms with Crippen LogP contribution in [0.15, 0.2) is 63.5 Å². The summed E-state index contributed by atoms with van der Waals surface area (Å²) in [5.74, 6) is -2.06. The first kappa shape index (κ1) is 16.0. The van der Waals surface area contributed by atoms with Crippen molar-refractivity contribution in [3.8, 4) is 11.1 Å². The van der Waals surface area contributed by atoms with Gasteiger partial charge in [0.15, 0.2) is 0 Å². The van der Waals surface area contributed by atoms with Gasteiger partial charge in [-0.15, -0.1) is 15.0 Å². The average molecular weight is 305 g/mol. The molecule has 0 heterocycles. The molecule has 112 valence electrons. The molecule has 0 aromatic heterocycles. The molecule has 0 spiro atoms. The van der Waals surface area contributed by atoms with Crippen LogP contribution in [-0.4, -0.2) is 18.2 Å². The van der Waals surface area contributed by atoms with E-state index in [4.69, 9.17) is 0 Å². The Morgan fingerprint density at radius 2 is 1.30 bits per heavy atom. The van der Waals surface area contributed by atoms with Gasteiger partial charge in [-0.2, -0.15) is 0 Å². The van der Waals surface area contributed by atoms with Gasteiger partial charge in [0, 0.05) is 5.56 Å². The van der Waals surface area contributed by atoms with E-state index in [1.54, 1.807) is 24.3 Å². The first-order valence-electron chi connectivity index (χ1n) is 6.60. The van der Waals surface area contributed by atoms with Crippen LogP contribution in [0.2, 0.25) is 0 Å². The maximum absolute atomic E-state index is 10.8. The number of hydrogen-bond acceptors (Lipinski definition) is 6. The van der Waals surface area contributed by atoms with E-state index in [1.807, 2.05) is 31.2 Å². The number of aliphatic imine (C=N–C) groups is 3. The minimum absolute atomic E-state index is 0.277. The van der Waals surface area contributed by atoms with Crippen molar-refractivity contribution in [1.82, 2.24) is 0 Å². The molecule has 0 unspecified atom stereocenters. The van der Waals surface area contributed by atoms with Crippen LogP contribution in [0.4, 0.5) is 0 Å². The number of isocyanates is 3. The van der Waals surface area contributed by atoms with Gasteiger partial charge in [-0.3, -0.25) is 0 Å². The third-order valence-corrected chi connectivity index (χ3v) is 3.26. The van der Waals surface area contributed by atoms with Crippen LogP contribution in [-0.2, 0) is 20.2 Å². The van der Waals surface area contributed by atoms with Gasteiger partial charge in [-0.1, -0.05) is 54.1 Å². The smallest absolute Gasteiger partial charge is 0.211 e. The summed E-state index contributed by atoms with van der Waals surface area (Å²) in [4.78, 5) is 42.6. The Kier molecular flexibility index (Phi) is 4.88. The standard InChI is InChI=1S/C17H11N3O3/c1-13-6-8-14(9-7-13)15-4-2-3-5-16(15)17(18-10-21,19-11-22)20-12-23/h2-9H,1H3. The topological polar surface area (TPSA) is 88.3 Å². The van der Waals surface area contributed by atoms with E-state index in [2.05, 4.69) is 15.0 Å². The van der Waals surface area contributed by atoms with Crippen LogP contribution in [0.5, 0.6) is 0 Å². The quantitative estimate of drug-likeness (QED) is 0.628. The maximum atomic E-state index is 10.8. The first-order valence-corrected chi connectivity index (χ1v) is 6.60. The molecule has 2 rings (SSSR count). The third kappa shape index (κ3) is 3.26. The predicted molar refractivity (Wildman–Crippen MR) is 82.7 cm³/mol. The molecule has 0 aliphatic heterocycles. The second-order valence-corrected chi connectivity index (χ2v) is 4.66. The second-order valence-electron chi connectivity index (χ2n) is 4.66. The highest BCUT2D eigenvalue weighted by atomic mass is 16.1. The van der Waals surface area contributed by atoms with Gasteiger partial charge in [0.1, 0.15) is 0 Å². The van der Waals surface area contributed by atoms with E-state index >= 15 is 0 Å². The molecule has 2 aromatic carbocycles. The summed E-state index contributed by atoms with van der Waals surface area (Å²) in [5, 5.41) is 0. The van der Waals surface area contributed by atoms with Gasteiger partial charge in [0.25, 0.3) is 0 Å². The van der Waals surface area contributed by atoms with Crippen molar-refractivity contribution >= 4 is 18.2 Å². The van der Waals surface area contributed by atoms with Gasteiger partial charge in [0.05, 0.1) is 0 Å². The van der Waals surface area contributed by atoms with E-state index in [0.29, 0.717) is 5.56 Å². The van der Waals surface area contributed by atoms with Crippen molar-refractivity contribution in [3.63, 3.8) is 0 Å². The number of aryl methyl sites for hydroxylation is 1. The maximum Gasteiger partial charge on any atom is 0.304 e. The Morgan fingerprint density at radius 1 is 0.783 bits per heavy atom. The Morgan fingerprint density at radius 3 is 1.83 bits per heavy atom. The fourth-order valence-corrected chi connectivity index (χ4v) is 2.21. The predicted octanol–water partition coefficient (Wildman–Crippen LogP) is 2.78. The number of benzene rings is 2. The van der Waals surface area contributed by atoms with Crippen molar-refractivity contribution in [2.75, 3.05) is 0 Å². The molecule has 0 saturated carbocycles. The van der Waals surface area contributed by atoms with Crippen molar-refractivity contribution in [3.05, 3.63) is 59.7 Å². The van der Waals surface area contributed by atoms with E-state index in [9.17, 15) is 14.4 Å². The molecule has 0 aliphatic carbocycles. The molecule has 0 saturated heterocycles. The van der Waals surface area contributed by atoms with E-state index in [-0.39, 0.29) is 5.56 Å². The molecule has 6 heteroatoms. The van der Waals surface area contributed by atoms with Crippen LogP contribution in [0.1, 0.15) is 11.1 Å². The number of carbonyl (C=O) groups excluding carboxylic acids is 3. The first-order chi connectivity index (χ1) is 11.2. The molecule has 6 nitrogen and oxygen atoms in total. The second kappa shape index (κ2) is 7.03. The van der Waals surface area contributed by atoms with Crippen LogP contribution in [0.3, 0.4) is 0 Å². The molecule has 0 N–H and O–H groups in total. The fourth-order valence-electron chi connectivity index (χ4n) is 2.21. The zero-order valence-electron chi connectivity index (χ0n) is 12.2. The molecule has 0 amide bonds. The van der Waals surface area contributed by atoms with Crippen LogP contribution >= 0.6 is 0 Å². The Labute approximate surface area is 131 Å². The highest BCUT2D eigenvalue weighted by Gasteiger charge is 2.34. The lowest BCUT2D eigenvalue weighted by atomic mass is 9.95. The fraction of sp³-hybridized carbons (Fsp3) is 0.118. The van der Waals surface area contributed by atoms with Crippen molar-refractivity contribution < 1.29 is 14.4 Å². The summed E-state index contributed by atoms with van der Waals surface area (Å²) in [6, 6.07) is 14.3. The van der Waals surface area contributed by atoms with Crippen molar-refractivity contribution in [2.45, 2.75) is 12.7 Å². The molecule has 0 atom stereocenters. The lowest BCUT2D eigenvalue weighted by Crippen LogP contribution is -2.19. The summed E-state index contributed by atoms with van der Waals surface area (Å²) >= 11 is 0. The molecule has 0 fully saturated rings. The Balaban J connectivity index is 2.80. The average Bonchev–Trinajstić information content (AvgIpc) is 2.56. The van der Waals surface area contributed by atoms with E-state index in [0.717, 1.165) is 11.1 Å². The molecular formula is C17H11N3O3. The van der Waals surface area contributed by atoms with Gasteiger partial charge < -0.3 is 0 Å². The number of nitrogens with zero attached hydrogens (tertiary/aromatic N) is 3. The lowest BCUT2D eigenvalue weighted by Gasteiger charge is -2.19. The molecule has 23 heavy (non-hydrogen) atoms. The molecule has 0 aliphatic rings. The highest BCUT2D eigenvalue weighted by Crippen LogP contribution is 2.36. The lowest BCUT2D eigenvalue weighted by molar-refractivity contribution is 0.467. The van der Waals surface area contributed by atoms with Gasteiger partial charge in [-0.25, -0.2) is 14.4 Å². The molecule has 2 aromatic rings. The summed E-state index contributed by atoms with van der Waals surface area (Å²) in [7, 11) is 0. The molecule has 0 radical (unpaired) electrons. The SMILES string of the molecule is Cc1ccc(-c2ccccc2C(N=C=O)(N=C=O)N=C=O)cc1. The normalized spacial score (nSPS) is 12.0. The Hall–Kier alpha value is -3.42. The minimum atomic E-state index is -2.06. The molecular weight excluding hydrogens is 294 g/mol. The highest BCUT2D eigenvalue weighted by molar-refractivity contribution is 5.70. The van der Waals surface area contributed by atoms with Crippen molar-refractivity contribution in [2.24, 2.45) is 15.0 Å².